The van der Waals surface area contributed by atoms with Gasteiger partial charge in [0.1, 0.15) is 0 Å². The van der Waals surface area contributed by atoms with Gasteiger partial charge in [0, 0.05) is 16.8 Å². The number of aryl methyl sites for hydroxylation is 2. The molecule has 3 aromatic rings. The van der Waals surface area contributed by atoms with Crippen molar-refractivity contribution < 1.29 is 9.59 Å². The Bertz CT molecular complexity index is 853. The summed E-state index contributed by atoms with van der Waals surface area (Å²) in [5.74, 6) is -0.00822. The van der Waals surface area contributed by atoms with E-state index in [-0.39, 0.29) is 24.7 Å². The number of carbonyl (C=O) groups excluding carboxylic acids is 2. The lowest BCUT2D eigenvalue weighted by molar-refractivity contribution is 0.0984. The van der Waals surface area contributed by atoms with Crippen LogP contribution in [0.2, 0.25) is 0 Å². The largest absolute Gasteiger partial charge is 0.356 e. The number of benzene rings is 3. The summed E-state index contributed by atoms with van der Waals surface area (Å²) in [6, 6.07) is 24.6. The van der Waals surface area contributed by atoms with Crippen LogP contribution in [-0.4, -0.2) is 24.7 Å². The van der Waals surface area contributed by atoms with Crippen molar-refractivity contribution in [2.45, 2.75) is 13.8 Å². The fraction of sp³-hybridized carbons (Fsp3) is 0.167. The van der Waals surface area contributed by atoms with Crippen LogP contribution in [0.25, 0.3) is 0 Å². The van der Waals surface area contributed by atoms with Gasteiger partial charge in [-0.3, -0.25) is 9.59 Å². The van der Waals surface area contributed by atoms with Gasteiger partial charge < -0.3 is 4.90 Å². The minimum absolute atomic E-state index is 0.00411. The molecule has 136 valence electrons. The van der Waals surface area contributed by atoms with E-state index in [1.165, 1.54) is 0 Å². The number of anilines is 1. The Balaban J connectivity index is 1.81. The predicted octanol–water partition coefficient (Wildman–Crippen LogP) is 4.88. The van der Waals surface area contributed by atoms with E-state index in [0.29, 0.717) is 11.1 Å². The number of carbonyl (C=O) groups is 2. The first-order valence-electron chi connectivity index (χ1n) is 9.02. The molecule has 0 aliphatic carbocycles. The fourth-order valence-corrected chi connectivity index (χ4v) is 2.89. The van der Waals surface area contributed by atoms with Gasteiger partial charge >= 0.3 is 0 Å². The first kappa shape index (κ1) is 18.6. The highest BCUT2D eigenvalue weighted by Gasteiger charge is 2.17. The Morgan fingerprint density at radius 3 is 1.44 bits per heavy atom. The molecule has 0 N–H and O–H groups in total. The molecule has 0 saturated carbocycles. The van der Waals surface area contributed by atoms with E-state index in [1.54, 1.807) is 0 Å². The highest BCUT2D eigenvalue weighted by Crippen LogP contribution is 2.16. The molecule has 27 heavy (non-hydrogen) atoms. The third-order valence-electron chi connectivity index (χ3n) is 4.54. The van der Waals surface area contributed by atoms with Crippen LogP contribution < -0.4 is 4.90 Å². The normalized spacial score (nSPS) is 10.4. The molecule has 0 unspecified atom stereocenters. The van der Waals surface area contributed by atoms with Gasteiger partial charge in [0.15, 0.2) is 11.6 Å². The molecular weight excluding hydrogens is 334 g/mol. The molecule has 3 heteroatoms. The highest BCUT2D eigenvalue weighted by atomic mass is 16.1. The van der Waals surface area contributed by atoms with Gasteiger partial charge in [0.05, 0.1) is 13.1 Å². The van der Waals surface area contributed by atoms with E-state index in [9.17, 15) is 9.59 Å². The summed E-state index contributed by atoms with van der Waals surface area (Å²) < 4.78 is 0. The minimum atomic E-state index is -0.00411. The summed E-state index contributed by atoms with van der Waals surface area (Å²) in [5, 5.41) is 0. The van der Waals surface area contributed by atoms with Crippen LogP contribution in [0.3, 0.4) is 0 Å². The van der Waals surface area contributed by atoms with Crippen molar-refractivity contribution in [1.29, 1.82) is 0 Å². The number of rotatable bonds is 7. The molecule has 0 aromatic heterocycles. The average Bonchev–Trinajstić information content (AvgIpc) is 2.69. The Hall–Kier alpha value is -3.20. The van der Waals surface area contributed by atoms with Crippen molar-refractivity contribution in [3.05, 3.63) is 101 Å². The summed E-state index contributed by atoms with van der Waals surface area (Å²) in [7, 11) is 0. The zero-order valence-electron chi connectivity index (χ0n) is 15.7. The molecule has 0 amide bonds. The van der Waals surface area contributed by atoms with Crippen molar-refractivity contribution in [2.24, 2.45) is 0 Å². The minimum Gasteiger partial charge on any atom is -0.356 e. The van der Waals surface area contributed by atoms with Gasteiger partial charge in [-0.1, -0.05) is 77.9 Å². The smallest absolute Gasteiger partial charge is 0.182 e. The standard InChI is InChI=1S/C24H23NO2/c1-18-8-12-20(13-9-18)23(26)16-25(22-6-4-3-5-7-22)17-24(27)21-14-10-19(2)11-15-21/h3-15H,16-17H2,1-2H3. The number of nitrogens with zero attached hydrogens (tertiary/aromatic N) is 1. The third kappa shape index (κ3) is 4.91. The number of hydrogen-bond acceptors (Lipinski definition) is 3. The van der Waals surface area contributed by atoms with Crippen molar-refractivity contribution in [2.75, 3.05) is 18.0 Å². The molecule has 3 nitrogen and oxygen atoms in total. The zero-order valence-corrected chi connectivity index (χ0v) is 15.7. The summed E-state index contributed by atoms with van der Waals surface area (Å²) in [6.45, 7) is 4.30. The molecule has 0 fully saturated rings. The van der Waals surface area contributed by atoms with Crippen LogP contribution in [0.4, 0.5) is 5.69 Å². The van der Waals surface area contributed by atoms with Gasteiger partial charge in [-0.15, -0.1) is 0 Å². The van der Waals surface area contributed by atoms with E-state index in [4.69, 9.17) is 0 Å². The SMILES string of the molecule is Cc1ccc(C(=O)CN(CC(=O)c2ccc(C)cc2)c2ccccc2)cc1. The Labute approximate surface area is 160 Å². The van der Waals surface area contributed by atoms with Gasteiger partial charge in [0.2, 0.25) is 0 Å². The maximum atomic E-state index is 12.7. The molecule has 0 saturated heterocycles. The lowest BCUT2D eigenvalue weighted by atomic mass is 10.1. The first-order chi connectivity index (χ1) is 13.0. The fourth-order valence-electron chi connectivity index (χ4n) is 2.89. The van der Waals surface area contributed by atoms with E-state index < -0.39 is 0 Å². The average molecular weight is 357 g/mol. The highest BCUT2D eigenvalue weighted by molar-refractivity contribution is 6.03. The summed E-state index contributed by atoms with van der Waals surface area (Å²) >= 11 is 0. The first-order valence-corrected chi connectivity index (χ1v) is 9.02. The van der Waals surface area contributed by atoms with E-state index >= 15 is 0 Å². The van der Waals surface area contributed by atoms with Crippen LogP contribution in [0, 0.1) is 13.8 Å². The lowest BCUT2D eigenvalue weighted by Gasteiger charge is -2.23. The predicted molar refractivity (Wildman–Crippen MR) is 110 cm³/mol. The summed E-state index contributed by atoms with van der Waals surface area (Å²) in [4.78, 5) is 27.3. The zero-order chi connectivity index (χ0) is 19.2. The van der Waals surface area contributed by atoms with Gasteiger partial charge in [-0.05, 0) is 26.0 Å². The van der Waals surface area contributed by atoms with E-state index in [1.807, 2.05) is 97.6 Å². The molecule has 0 aliphatic rings. The quantitative estimate of drug-likeness (QED) is 0.566. The number of hydrogen-bond donors (Lipinski definition) is 0. The molecule has 0 heterocycles. The van der Waals surface area contributed by atoms with Gasteiger partial charge in [-0.2, -0.15) is 0 Å². The van der Waals surface area contributed by atoms with Crippen LogP contribution in [0.5, 0.6) is 0 Å². The number of ketones is 2. The lowest BCUT2D eigenvalue weighted by Crippen LogP contribution is -2.34. The van der Waals surface area contributed by atoms with Crippen LogP contribution in [-0.2, 0) is 0 Å². The maximum Gasteiger partial charge on any atom is 0.182 e. The van der Waals surface area contributed by atoms with Crippen molar-refractivity contribution in [3.63, 3.8) is 0 Å². The van der Waals surface area contributed by atoms with Crippen LogP contribution in [0.15, 0.2) is 78.9 Å². The summed E-state index contributed by atoms with van der Waals surface area (Å²) in [5.41, 5.74) is 4.40. The Kier molecular flexibility index (Phi) is 5.82. The van der Waals surface area contributed by atoms with Crippen molar-refractivity contribution in [3.8, 4) is 0 Å². The number of para-hydroxylation sites is 1. The summed E-state index contributed by atoms with van der Waals surface area (Å²) in [6.07, 6.45) is 0. The number of Topliss-reactive ketones (excluding diaryl/α,β-unsaturated/α-hetero) is 2. The molecule has 0 spiro atoms. The van der Waals surface area contributed by atoms with Crippen molar-refractivity contribution >= 4 is 17.3 Å². The Morgan fingerprint density at radius 2 is 1.04 bits per heavy atom. The molecule has 3 rings (SSSR count). The monoisotopic (exact) mass is 357 g/mol. The molecule has 0 atom stereocenters. The second-order valence-corrected chi connectivity index (χ2v) is 6.77. The molecule has 3 aromatic carbocycles. The maximum absolute atomic E-state index is 12.7. The van der Waals surface area contributed by atoms with Gasteiger partial charge in [-0.25, -0.2) is 0 Å². The topological polar surface area (TPSA) is 37.4 Å². The van der Waals surface area contributed by atoms with Crippen LogP contribution >= 0.6 is 0 Å². The van der Waals surface area contributed by atoms with Gasteiger partial charge in [0.25, 0.3) is 0 Å². The van der Waals surface area contributed by atoms with Crippen LogP contribution in [0.1, 0.15) is 31.8 Å². The van der Waals surface area contributed by atoms with Crippen molar-refractivity contribution in [1.82, 2.24) is 0 Å². The molecule has 0 radical (unpaired) electrons. The van der Waals surface area contributed by atoms with E-state index in [2.05, 4.69) is 0 Å². The second kappa shape index (κ2) is 8.45. The molecule has 0 aliphatic heterocycles. The molecule has 0 bridgehead atoms. The third-order valence-corrected chi connectivity index (χ3v) is 4.54. The van der Waals surface area contributed by atoms with E-state index in [0.717, 1.165) is 16.8 Å². The Morgan fingerprint density at radius 1 is 0.630 bits per heavy atom. The molecular formula is C24H23NO2. The second-order valence-electron chi connectivity index (χ2n) is 6.77.